The molecule has 0 N–H and O–H groups in total. The molecule has 0 fully saturated rings. The van der Waals surface area contributed by atoms with Crippen molar-refractivity contribution >= 4 is 28.9 Å². The van der Waals surface area contributed by atoms with Crippen LogP contribution in [0.1, 0.15) is 36.5 Å². The second-order valence-corrected chi connectivity index (χ2v) is 4.97. The van der Waals surface area contributed by atoms with Gasteiger partial charge in [-0.1, -0.05) is 23.9 Å². The van der Waals surface area contributed by atoms with Gasteiger partial charge in [-0.05, 0) is 31.6 Å². The summed E-state index contributed by atoms with van der Waals surface area (Å²) in [5, 5.41) is 0.121. The van der Waals surface area contributed by atoms with Crippen molar-refractivity contribution in [2.24, 2.45) is 0 Å². The summed E-state index contributed by atoms with van der Waals surface area (Å²) >= 11 is 1.30. The summed E-state index contributed by atoms with van der Waals surface area (Å²) in [4.78, 5) is 26.4. The lowest BCUT2D eigenvalue weighted by Gasteiger charge is -2.01. The standard InChI is InChI=1S/C14H17NO3S/c1-3-18-14(17)13-9-6-8-12(15-13)7-4-5-10-19-11(2)16/h4,6-9H,3,5,10H2,1-2H3. The lowest BCUT2D eigenvalue weighted by molar-refractivity contribution is -0.109. The highest BCUT2D eigenvalue weighted by Crippen LogP contribution is 2.07. The van der Waals surface area contributed by atoms with Crippen molar-refractivity contribution < 1.29 is 14.3 Å². The molecule has 102 valence electrons. The zero-order chi connectivity index (χ0) is 14.1. The number of aromatic nitrogens is 1. The molecule has 1 aromatic heterocycles. The second kappa shape index (κ2) is 8.48. The van der Waals surface area contributed by atoms with Crippen LogP contribution in [0.2, 0.25) is 0 Å². The van der Waals surface area contributed by atoms with Gasteiger partial charge in [0.2, 0.25) is 0 Å². The first-order valence-corrected chi connectivity index (χ1v) is 7.06. The number of rotatable bonds is 6. The Kier molecular flexibility index (Phi) is 6.89. The number of thioether (sulfide) groups is 1. The summed E-state index contributed by atoms with van der Waals surface area (Å²) in [7, 11) is 0. The van der Waals surface area contributed by atoms with Crippen LogP contribution < -0.4 is 0 Å². The molecule has 0 atom stereocenters. The van der Waals surface area contributed by atoms with Crippen LogP contribution in [-0.4, -0.2) is 28.4 Å². The molecule has 5 heteroatoms. The van der Waals surface area contributed by atoms with E-state index in [0.29, 0.717) is 18.0 Å². The largest absolute Gasteiger partial charge is 0.461 e. The molecule has 0 saturated heterocycles. The predicted molar refractivity (Wildman–Crippen MR) is 77.0 cm³/mol. The maximum atomic E-state index is 11.5. The third-order valence-electron chi connectivity index (χ3n) is 2.13. The lowest BCUT2D eigenvalue weighted by atomic mass is 10.2. The fraction of sp³-hybridized carbons (Fsp3) is 0.357. The van der Waals surface area contributed by atoms with Gasteiger partial charge in [0.05, 0.1) is 12.3 Å². The van der Waals surface area contributed by atoms with Crippen molar-refractivity contribution in [2.75, 3.05) is 12.4 Å². The molecule has 0 amide bonds. The van der Waals surface area contributed by atoms with Gasteiger partial charge in [-0.25, -0.2) is 9.78 Å². The third-order valence-corrected chi connectivity index (χ3v) is 2.98. The number of pyridine rings is 1. The molecule has 0 aliphatic heterocycles. The molecule has 0 aromatic carbocycles. The van der Waals surface area contributed by atoms with Crippen molar-refractivity contribution in [1.82, 2.24) is 4.98 Å². The number of nitrogens with zero attached hydrogens (tertiary/aromatic N) is 1. The fourth-order valence-corrected chi connectivity index (χ4v) is 1.88. The molecule has 19 heavy (non-hydrogen) atoms. The van der Waals surface area contributed by atoms with E-state index in [1.54, 1.807) is 26.0 Å². The van der Waals surface area contributed by atoms with E-state index in [2.05, 4.69) is 4.98 Å². The van der Waals surface area contributed by atoms with Gasteiger partial charge in [0, 0.05) is 12.7 Å². The summed E-state index contributed by atoms with van der Waals surface area (Å²) in [6, 6.07) is 5.21. The molecule has 1 rings (SSSR count). The number of hydrogen-bond acceptors (Lipinski definition) is 5. The molecule has 0 aliphatic rings. The van der Waals surface area contributed by atoms with Gasteiger partial charge < -0.3 is 4.74 Å². The Bertz CT molecular complexity index is 472. The van der Waals surface area contributed by atoms with Gasteiger partial charge in [0.25, 0.3) is 0 Å². The molecule has 4 nitrogen and oxygen atoms in total. The van der Waals surface area contributed by atoms with Crippen molar-refractivity contribution in [3.8, 4) is 0 Å². The summed E-state index contributed by atoms with van der Waals surface area (Å²) in [5.41, 5.74) is 1.01. The van der Waals surface area contributed by atoms with E-state index in [1.807, 2.05) is 18.2 Å². The average molecular weight is 279 g/mol. The molecule has 0 bridgehead atoms. The Balaban J connectivity index is 2.54. The Morgan fingerprint density at radius 2 is 2.21 bits per heavy atom. The monoisotopic (exact) mass is 279 g/mol. The van der Waals surface area contributed by atoms with Crippen LogP contribution in [0.4, 0.5) is 0 Å². The van der Waals surface area contributed by atoms with Crippen LogP contribution in [0.5, 0.6) is 0 Å². The first-order valence-electron chi connectivity index (χ1n) is 6.07. The number of carbonyl (C=O) groups excluding carboxylic acids is 2. The van der Waals surface area contributed by atoms with Crippen molar-refractivity contribution in [2.45, 2.75) is 20.3 Å². The SMILES string of the molecule is CCOC(=O)c1cccc(C=CCCSC(C)=O)n1. The third kappa shape index (κ3) is 6.20. The van der Waals surface area contributed by atoms with Crippen LogP contribution in [0.3, 0.4) is 0 Å². The molecule has 0 aliphatic carbocycles. The molecule has 0 saturated carbocycles. The summed E-state index contributed by atoms with van der Waals surface area (Å²) in [5.74, 6) is 0.341. The quantitative estimate of drug-likeness (QED) is 0.592. The Hall–Kier alpha value is -1.62. The van der Waals surface area contributed by atoms with Crippen LogP contribution >= 0.6 is 11.8 Å². The topological polar surface area (TPSA) is 56.3 Å². The van der Waals surface area contributed by atoms with Crippen LogP contribution in [-0.2, 0) is 9.53 Å². The average Bonchev–Trinajstić information content (AvgIpc) is 2.38. The Labute approximate surface area is 117 Å². The Morgan fingerprint density at radius 3 is 2.89 bits per heavy atom. The molecule has 0 unspecified atom stereocenters. The van der Waals surface area contributed by atoms with E-state index in [-0.39, 0.29) is 5.12 Å². The summed E-state index contributed by atoms with van der Waals surface area (Å²) in [6.45, 7) is 3.65. The van der Waals surface area contributed by atoms with E-state index in [9.17, 15) is 9.59 Å². The second-order valence-electron chi connectivity index (χ2n) is 3.70. The fourth-order valence-electron chi connectivity index (χ4n) is 1.34. The minimum absolute atomic E-state index is 0.121. The van der Waals surface area contributed by atoms with Crippen molar-refractivity contribution in [3.05, 3.63) is 35.7 Å². The van der Waals surface area contributed by atoms with Gasteiger partial charge in [-0.2, -0.15) is 0 Å². The van der Waals surface area contributed by atoms with Gasteiger partial charge >= 0.3 is 5.97 Å². The minimum atomic E-state index is -0.412. The van der Waals surface area contributed by atoms with Crippen molar-refractivity contribution in [1.29, 1.82) is 0 Å². The highest BCUT2D eigenvalue weighted by atomic mass is 32.2. The van der Waals surface area contributed by atoms with Gasteiger partial charge in [0.15, 0.2) is 5.12 Å². The molecular weight excluding hydrogens is 262 g/mol. The molecule has 0 spiro atoms. The van der Waals surface area contributed by atoms with Gasteiger partial charge in [-0.3, -0.25) is 4.79 Å². The summed E-state index contributed by atoms with van der Waals surface area (Å²) in [6.07, 6.45) is 4.56. The normalized spacial score (nSPS) is 10.6. The molecule has 1 heterocycles. The highest BCUT2D eigenvalue weighted by molar-refractivity contribution is 8.13. The van der Waals surface area contributed by atoms with E-state index in [1.165, 1.54) is 11.8 Å². The molecular formula is C14H17NO3S. The lowest BCUT2D eigenvalue weighted by Crippen LogP contribution is -2.07. The first-order chi connectivity index (χ1) is 9.13. The smallest absolute Gasteiger partial charge is 0.356 e. The minimum Gasteiger partial charge on any atom is -0.461 e. The van der Waals surface area contributed by atoms with Crippen LogP contribution in [0.15, 0.2) is 24.3 Å². The van der Waals surface area contributed by atoms with Crippen molar-refractivity contribution in [3.63, 3.8) is 0 Å². The number of ether oxygens (including phenoxy) is 1. The summed E-state index contributed by atoms with van der Waals surface area (Å²) < 4.78 is 4.89. The van der Waals surface area contributed by atoms with E-state index in [4.69, 9.17) is 4.74 Å². The van der Waals surface area contributed by atoms with Gasteiger partial charge in [0.1, 0.15) is 5.69 Å². The molecule has 1 aromatic rings. The van der Waals surface area contributed by atoms with E-state index >= 15 is 0 Å². The molecule has 0 radical (unpaired) electrons. The maximum Gasteiger partial charge on any atom is 0.356 e. The first kappa shape index (κ1) is 15.4. The van der Waals surface area contributed by atoms with Crippen LogP contribution in [0, 0.1) is 0 Å². The maximum absolute atomic E-state index is 11.5. The number of allylic oxidation sites excluding steroid dienone is 1. The Morgan fingerprint density at radius 1 is 1.42 bits per heavy atom. The number of hydrogen-bond donors (Lipinski definition) is 0. The highest BCUT2D eigenvalue weighted by Gasteiger charge is 2.07. The van der Waals surface area contributed by atoms with E-state index in [0.717, 1.165) is 12.2 Å². The van der Waals surface area contributed by atoms with Crippen LogP contribution in [0.25, 0.3) is 6.08 Å². The van der Waals surface area contributed by atoms with E-state index < -0.39 is 5.97 Å². The number of esters is 1. The zero-order valence-electron chi connectivity index (χ0n) is 11.1. The van der Waals surface area contributed by atoms with Gasteiger partial charge in [-0.15, -0.1) is 0 Å². The predicted octanol–water partition coefficient (Wildman–Crippen LogP) is 2.94. The number of carbonyl (C=O) groups is 2. The zero-order valence-corrected chi connectivity index (χ0v) is 11.9.